The average molecular weight is 788 g/mol. The van der Waals surface area contributed by atoms with Crippen molar-refractivity contribution in [3.63, 3.8) is 0 Å². The minimum absolute atomic E-state index is 0. The van der Waals surface area contributed by atoms with E-state index in [1.165, 1.54) is 33.0 Å². The summed E-state index contributed by atoms with van der Waals surface area (Å²) in [5, 5.41) is 4.51. The maximum Gasteiger partial charge on any atom is 0.216 e. The van der Waals surface area contributed by atoms with Gasteiger partial charge in [0.25, 0.3) is 0 Å². The Labute approximate surface area is 288 Å². The molecule has 0 aliphatic heterocycles. The van der Waals surface area contributed by atoms with E-state index in [1.54, 1.807) is 0 Å². The molecule has 1 radical (unpaired) electrons. The summed E-state index contributed by atoms with van der Waals surface area (Å²) in [5.74, 6) is 0. The van der Waals surface area contributed by atoms with Gasteiger partial charge in [-0.25, -0.2) is 4.98 Å². The molecular formula is C42H33IrN3O-2. The van der Waals surface area contributed by atoms with Crippen LogP contribution in [-0.4, -0.2) is 15.0 Å². The minimum atomic E-state index is 0. The van der Waals surface area contributed by atoms with Gasteiger partial charge in [-0.3, -0.25) is 0 Å². The fourth-order valence-electron chi connectivity index (χ4n) is 5.67. The molecule has 8 aromatic rings. The van der Waals surface area contributed by atoms with Crippen molar-refractivity contribution in [1.82, 2.24) is 15.0 Å². The number of pyridine rings is 3. The zero-order chi connectivity index (χ0) is 31.8. The van der Waals surface area contributed by atoms with Crippen molar-refractivity contribution in [2.24, 2.45) is 0 Å². The Kier molecular flexibility index (Phi) is 9.13. The van der Waals surface area contributed by atoms with Crippen molar-refractivity contribution < 1.29 is 24.5 Å². The van der Waals surface area contributed by atoms with Gasteiger partial charge in [-0.1, -0.05) is 72.0 Å². The van der Waals surface area contributed by atoms with Crippen LogP contribution in [0.3, 0.4) is 0 Å². The van der Waals surface area contributed by atoms with E-state index < -0.39 is 0 Å². The number of hydrogen-bond donors (Lipinski definition) is 0. The van der Waals surface area contributed by atoms with Crippen LogP contribution < -0.4 is 0 Å². The third-order valence-corrected chi connectivity index (χ3v) is 8.47. The summed E-state index contributed by atoms with van der Waals surface area (Å²) in [7, 11) is 0. The number of aromatic nitrogens is 3. The molecule has 0 aliphatic carbocycles. The van der Waals surface area contributed by atoms with Crippen molar-refractivity contribution in [3.05, 3.63) is 150 Å². The van der Waals surface area contributed by atoms with Gasteiger partial charge >= 0.3 is 0 Å². The summed E-state index contributed by atoms with van der Waals surface area (Å²) in [6.07, 6.45) is 3.84. The van der Waals surface area contributed by atoms with Crippen LogP contribution in [0.1, 0.15) is 27.9 Å². The summed E-state index contributed by atoms with van der Waals surface area (Å²) < 4.78 is 6.17. The molecule has 0 N–H and O–H groups in total. The third-order valence-electron chi connectivity index (χ3n) is 8.47. The second-order valence-electron chi connectivity index (χ2n) is 11.9. The van der Waals surface area contributed by atoms with E-state index in [0.29, 0.717) is 5.71 Å². The number of rotatable bonds is 3. The zero-order valence-corrected chi connectivity index (χ0v) is 29.4. The fraction of sp³-hybridized carbons (Fsp3) is 0.119. The van der Waals surface area contributed by atoms with E-state index in [2.05, 4.69) is 123 Å². The molecule has 0 amide bonds. The van der Waals surface area contributed by atoms with Crippen LogP contribution in [0.5, 0.6) is 0 Å². The van der Waals surface area contributed by atoms with Gasteiger partial charge in [0, 0.05) is 43.6 Å². The van der Waals surface area contributed by atoms with Crippen LogP contribution in [0.2, 0.25) is 0 Å². The van der Waals surface area contributed by atoms with Gasteiger partial charge in [-0.2, -0.15) is 0 Å². The van der Waals surface area contributed by atoms with Crippen LogP contribution in [0, 0.1) is 46.8 Å². The van der Waals surface area contributed by atoms with E-state index in [9.17, 15) is 0 Å². The van der Waals surface area contributed by atoms with E-state index in [1.807, 2.05) is 43.6 Å². The molecule has 5 heteroatoms. The molecule has 0 aliphatic rings. The molecule has 233 valence electrons. The van der Waals surface area contributed by atoms with Gasteiger partial charge in [0.2, 0.25) is 5.71 Å². The van der Waals surface area contributed by atoms with Crippen molar-refractivity contribution in [2.75, 3.05) is 0 Å². The van der Waals surface area contributed by atoms with Crippen molar-refractivity contribution in [3.8, 4) is 33.6 Å². The molecule has 0 atom stereocenters. The zero-order valence-electron chi connectivity index (χ0n) is 27.0. The third kappa shape index (κ3) is 6.51. The largest absolute Gasteiger partial charge is 0.486 e. The second kappa shape index (κ2) is 13.4. The first-order chi connectivity index (χ1) is 22.3. The number of hydrogen-bond acceptors (Lipinski definition) is 4. The molecule has 47 heavy (non-hydrogen) atoms. The maximum absolute atomic E-state index is 6.17. The molecule has 0 fully saturated rings. The summed E-state index contributed by atoms with van der Waals surface area (Å²) in [5.41, 5.74) is 13.3. The topological polar surface area (TPSA) is 51.8 Å². The van der Waals surface area contributed by atoms with Gasteiger partial charge in [-0.05, 0) is 90.3 Å². The van der Waals surface area contributed by atoms with Crippen LogP contribution in [0.4, 0.5) is 0 Å². The first kappa shape index (κ1) is 32.0. The van der Waals surface area contributed by atoms with Gasteiger partial charge in [0.05, 0.1) is 5.58 Å². The van der Waals surface area contributed by atoms with Crippen molar-refractivity contribution in [1.29, 1.82) is 0 Å². The SMILES string of the molecule is Cc1c[c-]c(-c2cc(C)c(C)cn2)cc1.Cc1ccc2c(n1)oc1c(-c3cc(-c4ccc5ccccc5c4)c(C)cn3)[c-]ccc12.[Ir]. The average Bonchev–Trinajstić information content (AvgIpc) is 3.44. The Bertz CT molecular complexity index is 2370. The molecule has 4 heterocycles. The molecule has 0 bridgehead atoms. The first-order valence-electron chi connectivity index (χ1n) is 15.4. The fourth-order valence-corrected chi connectivity index (χ4v) is 5.67. The van der Waals surface area contributed by atoms with Crippen molar-refractivity contribution in [2.45, 2.75) is 34.6 Å². The van der Waals surface area contributed by atoms with Crippen LogP contribution in [0.15, 0.2) is 114 Å². The molecule has 0 spiro atoms. The summed E-state index contributed by atoms with van der Waals surface area (Å²) in [4.78, 5) is 13.7. The van der Waals surface area contributed by atoms with E-state index in [4.69, 9.17) is 9.40 Å². The smallest absolute Gasteiger partial charge is 0.216 e. The number of benzene rings is 4. The number of furan rings is 1. The molecule has 8 rings (SSSR count). The Morgan fingerprint density at radius 1 is 0.638 bits per heavy atom. The number of nitrogens with zero attached hydrogens (tertiary/aromatic N) is 3. The van der Waals surface area contributed by atoms with E-state index in [-0.39, 0.29) is 20.1 Å². The maximum atomic E-state index is 6.17. The van der Waals surface area contributed by atoms with Crippen LogP contribution >= 0.6 is 0 Å². The van der Waals surface area contributed by atoms with Crippen LogP contribution in [0.25, 0.3) is 66.5 Å². The second-order valence-corrected chi connectivity index (χ2v) is 11.9. The van der Waals surface area contributed by atoms with Gasteiger partial charge < -0.3 is 14.4 Å². The van der Waals surface area contributed by atoms with Crippen LogP contribution in [-0.2, 0) is 20.1 Å². The first-order valence-corrected chi connectivity index (χ1v) is 15.4. The predicted octanol–water partition coefficient (Wildman–Crippen LogP) is 10.8. The summed E-state index contributed by atoms with van der Waals surface area (Å²) >= 11 is 0. The van der Waals surface area contributed by atoms with Gasteiger partial charge in [0.1, 0.15) is 0 Å². The Balaban J connectivity index is 0.000000204. The molecule has 4 aromatic heterocycles. The van der Waals surface area contributed by atoms with E-state index in [0.717, 1.165) is 55.7 Å². The Hall–Kier alpha value is -4.96. The standard InChI is InChI=1S/C28H19N2O.C14H14N.Ir/c1-17-16-29-26(15-25(17)21-12-11-19-6-3-4-7-20(19)14-21)24-9-5-8-22-23-13-10-18(2)30-28(23)31-27(22)24;1-10-4-6-13(7-5-10)14-8-11(2)12(3)9-15-14;/h3-8,10-16H,1-2H3;4-6,8-9H,1-3H3;/q2*-1;. The van der Waals surface area contributed by atoms with E-state index >= 15 is 0 Å². The molecule has 0 unspecified atom stereocenters. The minimum Gasteiger partial charge on any atom is -0.486 e. The normalized spacial score (nSPS) is 10.9. The Morgan fingerprint density at radius 3 is 2.21 bits per heavy atom. The molecule has 0 saturated heterocycles. The molecule has 4 aromatic carbocycles. The van der Waals surface area contributed by atoms with Crippen molar-refractivity contribution >= 4 is 32.8 Å². The summed E-state index contributed by atoms with van der Waals surface area (Å²) in [6.45, 7) is 10.3. The number of aryl methyl sites for hydroxylation is 5. The summed E-state index contributed by atoms with van der Waals surface area (Å²) in [6, 6.07) is 40.0. The molecule has 0 saturated carbocycles. The predicted molar refractivity (Wildman–Crippen MR) is 189 cm³/mol. The molecular weight excluding hydrogens is 755 g/mol. The number of fused-ring (bicyclic) bond motifs is 4. The molecule has 4 nitrogen and oxygen atoms in total. The van der Waals surface area contributed by atoms with Gasteiger partial charge in [0.15, 0.2) is 0 Å². The monoisotopic (exact) mass is 788 g/mol. The van der Waals surface area contributed by atoms with Gasteiger partial charge in [-0.15, -0.1) is 53.6 Å². The Morgan fingerprint density at radius 2 is 1.43 bits per heavy atom. The quantitative estimate of drug-likeness (QED) is 0.167.